The number of hydrogen-bond acceptors (Lipinski definition) is 4. The van der Waals surface area contributed by atoms with E-state index >= 15 is 0 Å². The standard InChI is InChI=1S/C15H11ClN2O3/c16-12-5-1-11(2-6-12)15-9-14(17-21-15)10-3-7-13(8-4-10)18(19)20/h1-8,15H,9H2. The van der Waals surface area contributed by atoms with Crippen LogP contribution in [-0.2, 0) is 4.84 Å². The first-order chi connectivity index (χ1) is 10.1. The van der Waals surface area contributed by atoms with Gasteiger partial charge in [0.1, 0.15) is 0 Å². The number of rotatable bonds is 3. The Bertz CT molecular complexity index is 696. The SMILES string of the molecule is O=[N+]([O-])c1ccc(C2=NOC(c3ccc(Cl)cc3)C2)cc1. The number of non-ortho nitro benzene ring substituents is 1. The average molecular weight is 303 g/mol. The second-order valence-corrected chi connectivity index (χ2v) is 5.13. The molecule has 0 spiro atoms. The summed E-state index contributed by atoms with van der Waals surface area (Å²) in [6.07, 6.45) is 0.479. The summed E-state index contributed by atoms with van der Waals surface area (Å²) >= 11 is 5.86. The zero-order valence-corrected chi connectivity index (χ0v) is 11.7. The molecule has 0 fully saturated rings. The van der Waals surface area contributed by atoms with Gasteiger partial charge in [-0.3, -0.25) is 10.1 Å². The molecule has 2 aromatic rings. The van der Waals surface area contributed by atoms with Crippen LogP contribution < -0.4 is 0 Å². The van der Waals surface area contributed by atoms with Crippen LogP contribution in [0.25, 0.3) is 0 Å². The lowest BCUT2D eigenvalue weighted by Crippen LogP contribution is -2.01. The van der Waals surface area contributed by atoms with Crippen molar-refractivity contribution < 1.29 is 9.76 Å². The Hall–Kier alpha value is -2.40. The summed E-state index contributed by atoms with van der Waals surface area (Å²) in [7, 11) is 0. The fourth-order valence-electron chi connectivity index (χ4n) is 2.18. The number of nitrogens with zero attached hydrogens (tertiary/aromatic N) is 2. The molecule has 0 amide bonds. The first kappa shape index (κ1) is 13.6. The average Bonchev–Trinajstić information content (AvgIpc) is 2.98. The highest BCUT2D eigenvalue weighted by atomic mass is 35.5. The number of hydrogen-bond donors (Lipinski definition) is 0. The first-order valence-corrected chi connectivity index (χ1v) is 6.74. The van der Waals surface area contributed by atoms with E-state index < -0.39 is 4.92 Å². The van der Waals surface area contributed by atoms with Crippen molar-refractivity contribution >= 4 is 23.0 Å². The molecule has 1 heterocycles. The van der Waals surface area contributed by atoms with Crippen molar-refractivity contribution in [2.75, 3.05) is 0 Å². The molecule has 1 unspecified atom stereocenters. The monoisotopic (exact) mass is 302 g/mol. The molecule has 0 aliphatic carbocycles. The highest BCUT2D eigenvalue weighted by Gasteiger charge is 2.24. The van der Waals surface area contributed by atoms with E-state index in [1.807, 2.05) is 24.3 Å². The van der Waals surface area contributed by atoms with Crippen molar-refractivity contribution in [1.82, 2.24) is 0 Å². The minimum absolute atomic E-state index is 0.0625. The van der Waals surface area contributed by atoms with Crippen molar-refractivity contribution in [2.24, 2.45) is 5.16 Å². The lowest BCUT2D eigenvalue weighted by atomic mass is 10.0. The van der Waals surface area contributed by atoms with Crippen molar-refractivity contribution in [3.8, 4) is 0 Å². The van der Waals surface area contributed by atoms with Crippen molar-refractivity contribution in [1.29, 1.82) is 0 Å². The molecule has 1 aliphatic rings. The summed E-state index contributed by atoms with van der Waals surface area (Å²) in [6, 6.07) is 13.7. The minimum Gasteiger partial charge on any atom is -0.387 e. The molecule has 5 nitrogen and oxygen atoms in total. The Morgan fingerprint density at radius 1 is 1.14 bits per heavy atom. The summed E-state index contributed by atoms with van der Waals surface area (Å²) in [4.78, 5) is 15.6. The van der Waals surface area contributed by atoms with Gasteiger partial charge < -0.3 is 4.84 Å². The third kappa shape index (κ3) is 2.87. The molecule has 0 saturated heterocycles. The van der Waals surface area contributed by atoms with Gasteiger partial charge in [-0.15, -0.1) is 0 Å². The third-order valence-electron chi connectivity index (χ3n) is 3.32. The first-order valence-electron chi connectivity index (χ1n) is 6.36. The second kappa shape index (κ2) is 5.54. The molecule has 0 saturated carbocycles. The molecule has 0 N–H and O–H groups in total. The third-order valence-corrected chi connectivity index (χ3v) is 3.57. The Morgan fingerprint density at radius 3 is 2.43 bits per heavy atom. The Morgan fingerprint density at radius 2 is 1.81 bits per heavy atom. The molecule has 1 atom stereocenters. The van der Waals surface area contributed by atoms with Crippen molar-refractivity contribution in [3.05, 3.63) is 74.8 Å². The molecule has 1 aliphatic heterocycles. The Balaban J connectivity index is 1.74. The van der Waals surface area contributed by atoms with E-state index in [1.165, 1.54) is 12.1 Å². The summed E-state index contributed by atoms with van der Waals surface area (Å²) in [5, 5.41) is 15.4. The van der Waals surface area contributed by atoms with Gasteiger partial charge in [0.2, 0.25) is 0 Å². The molecule has 106 valence electrons. The largest absolute Gasteiger partial charge is 0.387 e. The van der Waals surface area contributed by atoms with Gasteiger partial charge >= 0.3 is 0 Å². The van der Waals surface area contributed by atoms with Gasteiger partial charge in [-0.05, 0) is 35.4 Å². The maximum atomic E-state index is 10.6. The number of benzene rings is 2. The number of nitro groups is 1. The highest BCUT2D eigenvalue weighted by Crippen LogP contribution is 2.30. The predicted octanol–water partition coefficient (Wildman–Crippen LogP) is 4.11. The topological polar surface area (TPSA) is 64.7 Å². The molecule has 21 heavy (non-hydrogen) atoms. The van der Waals surface area contributed by atoms with E-state index in [0.29, 0.717) is 11.4 Å². The Kier molecular flexibility index (Phi) is 3.58. The maximum absolute atomic E-state index is 10.6. The molecular formula is C15H11ClN2O3. The molecule has 0 aromatic heterocycles. The number of oxime groups is 1. The van der Waals surface area contributed by atoms with Gasteiger partial charge in [-0.25, -0.2) is 0 Å². The molecular weight excluding hydrogens is 292 g/mol. The highest BCUT2D eigenvalue weighted by molar-refractivity contribution is 6.30. The molecule has 6 heteroatoms. The molecule has 3 rings (SSSR count). The van der Waals surface area contributed by atoms with Crippen LogP contribution in [0.4, 0.5) is 5.69 Å². The fraction of sp³-hybridized carbons (Fsp3) is 0.133. The number of nitro benzene ring substituents is 1. The summed E-state index contributed by atoms with van der Waals surface area (Å²) in [6.45, 7) is 0. The number of halogens is 1. The van der Waals surface area contributed by atoms with Crippen LogP contribution in [-0.4, -0.2) is 10.6 Å². The normalized spacial score (nSPS) is 17.2. The van der Waals surface area contributed by atoms with Crippen LogP contribution in [0.5, 0.6) is 0 Å². The molecule has 2 aromatic carbocycles. The zero-order chi connectivity index (χ0) is 14.8. The van der Waals surface area contributed by atoms with Crippen LogP contribution in [0.3, 0.4) is 0 Å². The smallest absolute Gasteiger partial charge is 0.269 e. The van der Waals surface area contributed by atoms with Crippen molar-refractivity contribution in [2.45, 2.75) is 12.5 Å². The quantitative estimate of drug-likeness (QED) is 0.633. The summed E-state index contributed by atoms with van der Waals surface area (Å²) in [5.41, 5.74) is 2.68. The van der Waals surface area contributed by atoms with E-state index in [2.05, 4.69) is 5.16 Å². The van der Waals surface area contributed by atoms with Crippen LogP contribution in [0.15, 0.2) is 53.7 Å². The lowest BCUT2D eigenvalue weighted by Gasteiger charge is -2.08. The summed E-state index contributed by atoms with van der Waals surface area (Å²) in [5.74, 6) is 0. The van der Waals surface area contributed by atoms with Gasteiger partial charge in [-0.1, -0.05) is 28.9 Å². The molecule has 0 bridgehead atoms. The van der Waals surface area contributed by atoms with Crippen LogP contribution in [0.2, 0.25) is 5.02 Å². The van der Waals surface area contributed by atoms with E-state index in [1.54, 1.807) is 12.1 Å². The zero-order valence-electron chi connectivity index (χ0n) is 10.9. The van der Waals surface area contributed by atoms with Gasteiger partial charge in [-0.2, -0.15) is 0 Å². The van der Waals surface area contributed by atoms with Gasteiger partial charge in [0.25, 0.3) is 5.69 Å². The van der Waals surface area contributed by atoms with E-state index in [0.717, 1.165) is 16.8 Å². The van der Waals surface area contributed by atoms with Crippen LogP contribution in [0.1, 0.15) is 23.7 Å². The molecule has 0 radical (unpaired) electrons. The van der Waals surface area contributed by atoms with Crippen LogP contribution in [0, 0.1) is 10.1 Å². The lowest BCUT2D eigenvalue weighted by molar-refractivity contribution is -0.384. The van der Waals surface area contributed by atoms with E-state index in [4.69, 9.17) is 16.4 Å². The summed E-state index contributed by atoms with van der Waals surface area (Å²) < 4.78 is 0. The van der Waals surface area contributed by atoms with Gasteiger partial charge in [0, 0.05) is 23.6 Å². The van der Waals surface area contributed by atoms with E-state index in [-0.39, 0.29) is 11.8 Å². The fourth-order valence-corrected chi connectivity index (χ4v) is 2.31. The minimum atomic E-state index is -0.423. The van der Waals surface area contributed by atoms with Gasteiger partial charge in [0.05, 0.1) is 10.6 Å². The maximum Gasteiger partial charge on any atom is 0.269 e. The van der Waals surface area contributed by atoms with Gasteiger partial charge in [0.15, 0.2) is 6.10 Å². The van der Waals surface area contributed by atoms with Crippen LogP contribution >= 0.6 is 11.6 Å². The van der Waals surface area contributed by atoms with E-state index in [9.17, 15) is 10.1 Å². The van der Waals surface area contributed by atoms with Crippen molar-refractivity contribution in [3.63, 3.8) is 0 Å². The Labute approximate surface area is 125 Å². The second-order valence-electron chi connectivity index (χ2n) is 4.69. The predicted molar refractivity (Wildman–Crippen MR) is 79.5 cm³/mol.